The Labute approximate surface area is 247 Å². The van der Waals surface area contributed by atoms with Crippen LogP contribution in [0.5, 0.6) is 0 Å². The Bertz CT molecular complexity index is 1400. The smallest absolute Gasteiger partial charge is 0.337 e. The van der Waals surface area contributed by atoms with Crippen LogP contribution in [0.1, 0.15) is 61.3 Å². The number of carboxylic acid groups (broad SMARTS) is 2. The molecule has 224 valence electrons. The number of hydrogen-bond acceptors (Lipinski definition) is 5. The molecule has 0 aliphatic heterocycles. The first-order chi connectivity index (χ1) is 20.2. The molecule has 3 rings (SSSR count). The van der Waals surface area contributed by atoms with Crippen LogP contribution in [0.25, 0.3) is 16.5 Å². The van der Waals surface area contributed by atoms with E-state index >= 15 is 0 Å². The molecule has 42 heavy (non-hydrogen) atoms. The van der Waals surface area contributed by atoms with Crippen molar-refractivity contribution >= 4 is 34.4 Å². The largest absolute Gasteiger partial charge is 0.480 e. The summed E-state index contributed by atoms with van der Waals surface area (Å²) in [6, 6.07) is 20.4. The summed E-state index contributed by atoms with van der Waals surface area (Å²) >= 11 is 0. The molecule has 0 fully saturated rings. The predicted molar refractivity (Wildman–Crippen MR) is 163 cm³/mol. The molecule has 0 aromatic heterocycles. The fourth-order valence-corrected chi connectivity index (χ4v) is 4.58. The quantitative estimate of drug-likeness (QED) is 0.132. The first kappa shape index (κ1) is 32.3. The number of carbonyl (C=O) groups excluding carboxylic acids is 1. The van der Waals surface area contributed by atoms with Gasteiger partial charge in [-0.25, -0.2) is 9.59 Å². The minimum Gasteiger partial charge on any atom is -0.480 e. The predicted octanol–water partition coefficient (Wildman–Crippen LogP) is 6.07. The number of carbonyl (C=O) groups is 3. The average Bonchev–Trinajstić information content (AvgIpc) is 2.97. The van der Waals surface area contributed by atoms with Crippen molar-refractivity contribution in [3.8, 4) is 0 Å². The molecule has 0 saturated heterocycles. The van der Waals surface area contributed by atoms with Crippen molar-refractivity contribution in [1.82, 2.24) is 5.32 Å². The minimum absolute atomic E-state index is 0.319. The summed E-state index contributed by atoms with van der Waals surface area (Å²) in [6.07, 6.45) is 3.26. The Balaban J connectivity index is 1.66. The van der Waals surface area contributed by atoms with Crippen LogP contribution in [0.15, 0.2) is 66.7 Å². The maximum absolute atomic E-state index is 13.3. The maximum atomic E-state index is 13.3. The van der Waals surface area contributed by atoms with Gasteiger partial charge >= 0.3 is 11.9 Å². The number of allylic oxidation sites excluding steroid dienone is 1. The van der Waals surface area contributed by atoms with Crippen LogP contribution >= 0.6 is 0 Å². The van der Waals surface area contributed by atoms with Gasteiger partial charge in [-0.1, -0.05) is 74.4 Å². The van der Waals surface area contributed by atoms with E-state index in [2.05, 4.69) is 35.6 Å². The monoisotopic (exact) mass is 575 g/mol. The second-order valence-electron chi connectivity index (χ2n) is 10.4. The van der Waals surface area contributed by atoms with Crippen molar-refractivity contribution in [3.05, 3.63) is 89.0 Å². The van der Waals surface area contributed by atoms with Crippen LogP contribution in [0.2, 0.25) is 0 Å². The number of aliphatic carboxylic acids is 2. The van der Waals surface area contributed by atoms with E-state index in [0.29, 0.717) is 30.7 Å². The molecule has 8 heteroatoms. The number of ether oxygens (including phenoxy) is 2. The number of nitrogens with one attached hydrogen (secondary N) is 1. The van der Waals surface area contributed by atoms with Crippen molar-refractivity contribution in [2.75, 3.05) is 13.2 Å². The van der Waals surface area contributed by atoms with E-state index in [1.54, 1.807) is 0 Å². The second kappa shape index (κ2) is 16.3. The van der Waals surface area contributed by atoms with Crippen LogP contribution in [0.4, 0.5) is 0 Å². The summed E-state index contributed by atoms with van der Waals surface area (Å²) in [5, 5.41) is 24.1. The molecule has 0 bridgehead atoms. The molecule has 0 spiro atoms. The van der Waals surface area contributed by atoms with Gasteiger partial charge in [0, 0.05) is 12.1 Å². The summed E-state index contributed by atoms with van der Waals surface area (Å²) in [4.78, 5) is 36.6. The lowest BCUT2D eigenvalue weighted by Gasteiger charge is -2.26. The fraction of sp³-hybridized carbons (Fsp3) is 0.382. The number of fused-ring (bicyclic) bond motifs is 1. The Hall–Kier alpha value is -4.17. The fourth-order valence-electron chi connectivity index (χ4n) is 4.58. The Morgan fingerprint density at radius 3 is 2.33 bits per heavy atom. The molecule has 0 aliphatic carbocycles. The topological polar surface area (TPSA) is 122 Å². The average molecular weight is 576 g/mol. The van der Waals surface area contributed by atoms with Crippen LogP contribution in [-0.2, 0) is 30.3 Å². The first-order valence-electron chi connectivity index (χ1n) is 14.5. The van der Waals surface area contributed by atoms with E-state index < -0.39 is 36.7 Å². The van der Waals surface area contributed by atoms with Gasteiger partial charge in [-0.2, -0.15) is 0 Å². The molecule has 2 atom stereocenters. The van der Waals surface area contributed by atoms with Crippen LogP contribution in [-0.4, -0.2) is 53.4 Å². The molecular formula is C34H41NO7. The van der Waals surface area contributed by atoms with Gasteiger partial charge < -0.3 is 25.0 Å². The highest BCUT2D eigenvalue weighted by Crippen LogP contribution is 2.24. The molecular weight excluding hydrogens is 534 g/mol. The third-order valence-electron chi connectivity index (χ3n) is 7.08. The van der Waals surface area contributed by atoms with Gasteiger partial charge in [0.05, 0.1) is 0 Å². The van der Waals surface area contributed by atoms with Crippen LogP contribution in [0.3, 0.4) is 0 Å². The summed E-state index contributed by atoms with van der Waals surface area (Å²) in [5.41, 5.74) is 4.04. The van der Waals surface area contributed by atoms with E-state index in [0.717, 1.165) is 36.8 Å². The zero-order valence-electron chi connectivity index (χ0n) is 24.6. The van der Waals surface area contributed by atoms with E-state index in [-0.39, 0.29) is 0 Å². The van der Waals surface area contributed by atoms with Gasteiger partial charge in [0.1, 0.15) is 12.4 Å². The second-order valence-corrected chi connectivity index (χ2v) is 10.4. The highest BCUT2D eigenvalue weighted by molar-refractivity contribution is 5.89. The number of amides is 1. The third-order valence-corrected chi connectivity index (χ3v) is 7.08. The number of carboxylic acids is 2. The summed E-state index contributed by atoms with van der Waals surface area (Å²) in [5.74, 6) is -3.15. The van der Waals surface area contributed by atoms with Gasteiger partial charge in [-0.15, -0.1) is 0 Å². The first-order valence-corrected chi connectivity index (χ1v) is 14.5. The number of hydrogen-bond donors (Lipinski definition) is 3. The van der Waals surface area contributed by atoms with Gasteiger partial charge in [0.25, 0.3) is 5.91 Å². The van der Waals surface area contributed by atoms with Gasteiger partial charge in [0.15, 0.2) is 0 Å². The molecule has 1 amide bonds. The van der Waals surface area contributed by atoms with Crippen molar-refractivity contribution in [2.45, 2.75) is 71.5 Å². The molecule has 3 N–H and O–H groups in total. The lowest BCUT2D eigenvalue weighted by Crippen LogP contribution is -2.49. The van der Waals surface area contributed by atoms with Gasteiger partial charge in [0.2, 0.25) is 12.2 Å². The van der Waals surface area contributed by atoms with E-state index in [4.69, 9.17) is 14.6 Å². The van der Waals surface area contributed by atoms with Gasteiger partial charge in [-0.05, 0) is 79.1 Å². The van der Waals surface area contributed by atoms with E-state index in [1.165, 1.54) is 16.3 Å². The Morgan fingerprint density at radius 1 is 0.881 bits per heavy atom. The molecule has 3 aromatic rings. The van der Waals surface area contributed by atoms with E-state index in [9.17, 15) is 19.5 Å². The number of rotatable bonds is 17. The lowest BCUT2D eigenvalue weighted by molar-refractivity contribution is -0.168. The van der Waals surface area contributed by atoms with E-state index in [1.807, 2.05) is 57.2 Å². The third kappa shape index (κ3) is 9.73. The molecule has 0 heterocycles. The number of benzene rings is 3. The molecule has 2 unspecified atom stereocenters. The molecule has 8 nitrogen and oxygen atoms in total. The molecule has 0 aliphatic rings. The van der Waals surface area contributed by atoms with Crippen molar-refractivity contribution in [3.63, 3.8) is 0 Å². The normalized spacial score (nSPS) is 13.0. The van der Waals surface area contributed by atoms with Crippen LogP contribution < -0.4 is 5.32 Å². The van der Waals surface area contributed by atoms with Crippen LogP contribution in [0, 0.1) is 13.8 Å². The number of unbranched alkanes of at least 4 members (excludes halogenated alkanes) is 3. The molecule has 0 radical (unpaired) electrons. The molecule has 0 saturated carbocycles. The zero-order chi connectivity index (χ0) is 30.5. The van der Waals surface area contributed by atoms with Gasteiger partial charge in [-0.3, -0.25) is 4.79 Å². The standard InChI is InChI=1S/C34H41NO7/c1-4-5-14-29(28-17-15-23(2)24(3)20-28)42-31(32(34(39)40)41-22-30(36)37)33(38)35-19-10-6-7-11-25-16-18-26-12-8-9-13-27(26)21-25/h8-9,12-18,20-21,31-32H,4-7,10-11,19,22H2,1-3H3,(H,35,38)(H,36,37)(H,39,40)/b29-14-. The van der Waals surface area contributed by atoms with Crippen molar-refractivity contribution in [2.24, 2.45) is 0 Å². The highest BCUT2D eigenvalue weighted by Gasteiger charge is 2.38. The number of aryl methyl sites for hydroxylation is 3. The maximum Gasteiger partial charge on any atom is 0.337 e. The molecule has 3 aromatic carbocycles. The Kier molecular flexibility index (Phi) is 12.6. The van der Waals surface area contributed by atoms with Crippen molar-refractivity contribution in [1.29, 1.82) is 0 Å². The highest BCUT2D eigenvalue weighted by atomic mass is 16.6. The summed E-state index contributed by atoms with van der Waals surface area (Å²) in [7, 11) is 0. The lowest BCUT2D eigenvalue weighted by atomic mass is 10.0. The Morgan fingerprint density at radius 2 is 1.64 bits per heavy atom. The van der Waals surface area contributed by atoms with Crippen molar-refractivity contribution < 1.29 is 34.1 Å². The summed E-state index contributed by atoms with van der Waals surface area (Å²) < 4.78 is 11.2. The zero-order valence-corrected chi connectivity index (χ0v) is 24.6. The minimum atomic E-state index is -1.81. The summed E-state index contributed by atoms with van der Waals surface area (Å²) in [6.45, 7) is 5.37. The SMILES string of the molecule is CCC/C=C(\OC(C(=O)NCCCCCc1ccc2ccccc2c1)C(OCC(=O)O)C(=O)O)c1ccc(C)c(C)c1.